The molecule has 2 rings (SSSR count). The third kappa shape index (κ3) is 3.61. The monoisotopic (exact) mass is 299 g/mol. The van der Waals surface area contributed by atoms with Gasteiger partial charge in [0.15, 0.2) is 0 Å². The molecule has 0 aliphatic carbocycles. The summed E-state index contributed by atoms with van der Waals surface area (Å²) in [6, 6.07) is 9.17. The summed E-state index contributed by atoms with van der Waals surface area (Å²) in [5.41, 5.74) is 3.15. The Morgan fingerprint density at radius 2 is 1.95 bits per heavy atom. The van der Waals surface area contributed by atoms with Crippen LogP contribution in [-0.2, 0) is 11.3 Å². The number of carbonyl (C=O) groups excluding carboxylic acids is 1. The van der Waals surface area contributed by atoms with Crippen molar-refractivity contribution in [2.75, 3.05) is 5.32 Å². The first-order chi connectivity index (χ1) is 10.4. The van der Waals surface area contributed by atoms with Crippen LogP contribution in [0.5, 0.6) is 0 Å². The van der Waals surface area contributed by atoms with Gasteiger partial charge in [-0.15, -0.1) is 0 Å². The van der Waals surface area contributed by atoms with Crippen LogP contribution in [0.15, 0.2) is 35.1 Å². The highest BCUT2D eigenvalue weighted by atomic mass is 16.2. The number of benzene rings is 1. The van der Waals surface area contributed by atoms with E-state index in [9.17, 15) is 9.59 Å². The minimum absolute atomic E-state index is 0.0909. The van der Waals surface area contributed by atoms with Gasteiger partial charge in [-0.1, -0.05) is 32.0 Å². The Kier molecular flexibility index (Phi) is 4.75. The van der Waals surface area contributed by atoms with Gasteiger partial charge in [0, 0.05) is 11.8 Å². The summed E-state index contributed by atoms with van der Waals surface area (Å²) in [7, 11) is 0. The zero-order valence-electron chi connectivity index (χ0n) is 13.4. The van der Waals surface area contributed by atoms with Gasteiger partial charge in [0.1, 0.15) is 6.54 Å². The molecule has 0 fully saturated rings. The molecular formula is C17H21N3O2. The molecule has 1 aromatic carbocycles. The highest BCUT2D eigenvalue weighted by Crippen LogP contribution is 2.23. The van der Waals surface area contributed by atoms with E-state index in [0.717, 1.165) is 22.5 Å². The second-order valence-electron chi connectivity index (χ2n) is 5.70. The van der Waals surface area contributed by atoms with Crippen LogP contribution >= 0.6 is 0 Å². The van der Waals surface area contributed by atoms with E-state index in [1.165, 1.54) is 10.7 Å². The first-order valence-corrected chi connectivity index (χ1v) is 7.32. The molecule has 0 saturated carbocycles. The van der Waals surface area contributed by atoms with E-state index in [2.05, 4.69) is 24.3 Å². The number of nitrogens with zero attached hydrogens (tertiary/aromatic N) is 2. The van der Waals surface area contributed by atoms with Crippen LogP contribution < -0.4 is 10.9 Å². The lowest BCUT2D eigenvalue weighted by Gasteiger charge is -2.14. The van der Waals surface area contributed by atoms with Crippen LogP contribution in [0.2, 0.25) is 0 Å². The lowest BCUT2D eigenvalue weighted by molar-refractivity contribution is -0.117. The zero-order chi connectivity index (χ0) is 16.3. The zero-order valence-corrected chi connectivity index (χ0v) is 13.4. The minimum atomic E-state index is -0.268. The maximum Gasteiger partial charge on any atom is 0.267 e. The molecule has 1 aromatic heterocycles. The summed E-state index contributed by atoms with van der Waals surface area (Å²) in [6.07, 6.45) is 0. The van der Waals surface area contributed by atoms with E-state index in [-0.39, 0.29) is 18.0 Å². The molecule has 5 heteroatoms. The summed E-state index contributed by atoms with van der Waals surface area (Å²) < 4.78 is 1.19. The van der Waals surface area contributed by atoms with Gasteiger partial charge in [-0.3, -0.25) is 9.59 Å². The van der Waals surface area contributed by atoms with Crippen LogP contribution in [0, 0.1) is 13.8 Å². The highest BCUT2D eigenvalue weighted by molar-refractivity contribution is 5.91. The lowest BCUT2D eigenvalue weighted by atomic mass is 10.0. The Morgan fingerprint density at radius 1 is 1.27 bits per heavy atom. The molecule has 0 aliphatic rings. The van der Waals surface area contributed by atoms with Gasteiger partial charge in [0.25, 0.3) is 5.56 Å². The summed E-state index contributed by atoms with van der Waals surface area (Å²) in [5.74, 6) is 0.0462. The maximum atomic E-state index is 12.2. The van der Waals surface area contributed by atoms with Gasteiger partial charge in [0.2, 0.25) is 5.91 Å². The second-order valence-corrected chi connectivity index (χ2v) is 5.70. The lowest BCUT2D eigenvalue weighted by Crippen LogP contribution is -2.30. The second kappa shape index (κ2) is 6.56. The molecule has 0 spiro atoms. The Morgan fingerprint density at radius 3 is 2.64 bits per heavy atom. The molecule has 0 aliphatic heterocycles. The largest absolute Gasteiger partial charge is 0.324 e. The first kappa shape index (κ1) is 15.9. The van der Waals surface area contributed by atoms with E-state index >= 15 is 0 Å². The quantitative estimate of drug-likeness (QED) is 0.944. The van der Waals surface area contributed by atoms with E-state index in [4.69, 9.17) is 0 Å². The van der Waals surface area contributed by atoms with Crippen molar-refractivity contribution in [2.45, 2.75) is 40.2 Å². The van der Waals surface area contributed by atoms with Crippen molar-refractivity contribution in [2.24, 2.45) is 0 Å². The average molecular weight is 299 g/mol. The number of hydrogen-bond donors (Lipinski definition) is 1. The summed E-state index contributed by atoms with van der Waals surface area (Å²) in [4.78, 5) is 24.1. The van der Waals surface area contributed by atoms with Gasteiger partial charge >= 0.3 is 0 Å². The van der Waals surface area contributed by atoms with Crippen LogP contribution in [0.25, 0.3) is 0 Å². The number of hydrogen-bond acceptors (Lipinski definition) is 3. The first-order valence-electron chi connectivity index (χ1n) is 7.32. The number of carbonyl (C=O) groups is 1. The minimum Gasteiger partial charge on any atom is -0.324 e. The van der Waals surface area contributed by atoms with E-state index in [1.54, 1.807) is 0 Å². The molecule has 116 valence electrons. The number of aromatic nitrogens is 2. The predicted molar refractivity (Wildman–Crippen MR) is 87.1 cm³/mol. The average Bonchev–Trinajstić information content (AvgIpc) is 2.45. The number of aryl methyl sites for hydroxylation is 2. The van der Waals surface area contributed by atoms with Crippen LogP contribution in [0.4, 0.5) is 5.69 Å². The predicted octanol–water partition coefficient (Wildman–Crippen LogP) is 2.62. The highest BCUT2D eigenvalue weighted by Gasteiger charge is 2.11. The number of anilines is 1. The van der Waals surface area contributed by atoms with Crippen molar-refractivity contribution in [3.8, 4) is 0 Å². The van der Waals surface area contributed by atoms with Gasteiger partial charge in [-0.2, -0.15) is 5.10 Å². The van der Waals surface area contributed by atoms with Crippen molar-refractivity contribution >= 4 is 11.6 Å². The molecule has 2 aromatic rings. The molecule has 0 unspecified atom stereocenters. The van der Waals surface area contributed by atoms with Crippen LogP contribution in [0.1, 0.15) is 36.6 Å². The smallest absolute Gasteiger partial charge is 0.267 e. The van der Waals surface area contributed by atoms with Crippen molar-refractivity contribution in [3.63, 3.8) is 0 Å². The van der Waals surface area contributed by atoms with Crippen molar-refractivity contribution in [1.29, 1.82) is 0 Å². The van der Waals surface area contributed by atoms with Crippen molar-refractivity contribution in [1.82, 2.24) is 9.78 Å². The van der Waals surface area contributed by atoms with Gasteiger partial charge in [-0.25, -0.2) is 4.68 Å². The molecule has 1 amide bonds. The molecule has 22 heavy (non-hydrogen) atoms. The topological polar surface area (TPSA) is 64.0 Å². The molecular weight excluding hydrogens is 278 g/mol. The van der Waals surface area contributed by atoms with Crippen molar-refractivity contribution in [3.05, 3.63) is 57.5 Å². The SMILES string of the molecule is Cc1cc(=O)n(CC(=O)Nc2ccccc2C(C)C)nc1C. The van der Waals surface area contributed by atoms with E-state index in [0.29, 0.717) is 5.92 Å². The fourth-order valence-corrected chi connectivity index (χ4v) is 2.23. The van der Waals surface area contributed by atoms with E-state index in [1.807, 2.05) is 38.1 Å². The third-order valence-electron chi connectivity index (χ3n) is 3.59. The Labute approximate surface area is 130 Å². The standard InChI is InChI=1S/C17H21N3O2/c1-11(2)14-7-5-6-8-15(14)18-16(21)10-20-17(22)9-12(3)13(4)19-20/h5-9,11H,10H2,1-4H3,(H,18,21). The summed E-state index contributed by atoms with van der Waals surface area (Å²) >= 11 is 0. The maximum absolute atomic E-state index is 12.2. The number of amides is 1. The molecule has 1 N–H and O–H groups in total. The Hall–Kier alpha value is -2.43. The van der Waals surface area contributed by atoms with Crippen LogP contribution in [0.3, 0.4) is 0 Å². The third-order valence-corrected chi connectivity index (χ3v) is 3.59. The van der Waals surface area contributed by atoms with Crippen molar-refractivity contribution < 1.29 is 4.79 Å². The molecule has 0 atom stereocenters. The summed E-state index contributed by atoms with van der Waals surface area (Å²) in [6.45, 7) is 7.69. The number of para-hydroxylation sites is 1. The fourth-order valence-electron chi connectivity index (χ4n) is 2.23. The molecule has 0 bridgehead atoms. The molecule has 0 saturated heterocycles. The van der Waals surface area contributed by atoms with Gasteiger partial charge < -0.3 is 5.32 Å². The number of nitrogens with one attached hydrogen (secondary N) is 1. The van der Waals surface area contributed by atoms with E-state index < -0.39 is 0 Å². The Bertz CT molecular complexity index is 748. The Balaban J connectivity index is 2.18. The number of rotatable bonds is 4. The molecule has 1 heterocycles. The van der Waals surface area contributed by atoms with Gasteiger partial charge in [0.05, 0.1) is 5.69 Å². The molecule has 0 radical (unpaired) electrons. The van der Waals surface area contributed by atoms with Crippen LogP contribution in [-0.4, -0.2) is 15.7 Å². The fraction of sp³-hybridized carbons (Fsp3) is 0.353. The molecule has 5 nitrogen and oxygen atoms in total. The summed E-state index contributed by atoms with van der Waals surface area (Å²) in [5, 5.41) is 7.02. The van der Waals surface area contributed by atoms with Gasteiger partial charge in [-0.05, 0) is 37.0 Å². The normalized spacial score (nSPS) is 10.8.